The van der Waals surface area contributed by atoms with E-state index in [0.717, 1.165) is 44.5 Å². The van der Waals surface area contributed by atoms with Crippen molar-refractivity contribution in [1.82, 2.24) is 4.98 Å². The van der Waals surface area contributed by atoms with Crippen molar-refractivity contribution in [2.24, 2.45) is 0 Å². The highest BCUT2D eigenvalue weighted by Crippen LogP contribution is 2.52. The van der Waals surface area contributed by atoms with Crippen LogP contribution in [-0.4, -0.2) is 4.98 Å². The van der Waals surface area contributed by atoms with Crippen LogP contribution in [0.15, 0.2) is 162 Å². The molecule has 0 aliphatic heterocycles. The molecule has 224 valence electrons. The van der Waals surface area contributed by atoms with Gasteiger partial charge in [-0.1, -0.05) is 117 Å². The van der Waals surface area contributed by atoms with Gasteiger partial charge in [-0.15, -0.1) is 0 Å². The Morgan fingerprint density at radius 1 is 0.532 bits per heavy atom. The maximum atomic E-state index is 6.42. The van der Waals surface area contributed by atoms with Gasteiger partial charge >= 0.3 is 0 Å². The fourth-order valence-corrected chi connectivity index (χ4v) is 7.35. The first-order chi connectivity index (χ1) is 23.1. The molecule has 0 saturated heterocycles. The number of fused-ring (bicyclic) bond motifs is 6. The molecule has 0 N–H and O–H groups in total. The molecule has 3 nitrogen and oxygen atoms in total. The first-order valence-electron chi connectivity index (χ1n) is 16.1. The predicted octanol–water partition coefficient (Wildman–Crippen LogP) is 12.1. The molecule has 47 heavy (non-hydrogen) atoms. The zero-order chi connectivity index (χ0) is 31.5. The molecule has 0 radical (unpaired) electrons. The summed E-state index contributed by atoms with van der Waals surface area (Å²) in [6.07, 6.45) is 0. The molecule has 1 heterocycles. The molecular weight excluding hydrogens is 572 g/mol. The number of anilines is 3. The molecule has 1 aliphatic rings. The lowest BCUT2D eigenvalue weighted by Crippen LogP contribution is -2.14. The molecular formula is C44H32N2O. The Kier molecular flexibility index (Phi) is 6.16. The maximum absolute atomic E-state index is 6.42. The van der Waals surface area contributed by atoms with Gasteiger partial charge in [0, 0.05) is 33.4 Å². The quantitative estimate of drug-likeness (QED) is 0.196. The van der Waals surface area contributed by atoms with E-state index in [1.807, 2.05) is 36.4 Å². The number of rotatable bonds is 5. The Hall–Kier alpha value is -5.93. The average molecular weight is 605 g/mol. The summed E-state index contributed by atoms with van der Waals surface area (Å²) < 4.78 is 6.42. The van der Waals surface area contributed by atoms with Crippen molar-refractivity contribution in [2.75, 3.05) is 4.90 Å². The summed E-state index contributed by atoms with van der Waals surface area (Å²) in [4.78, 5) is 7.14. The molecule has 1 aliphatic carbocycles. The minimum absolute atomic E-state index is 0.0289. The van der Waals surface area contributed by atoms with Crippen molar-refractivity contribution in [3.8, 4) is 33.7 Å². The Morgan fingerprint density at radius 3 is 1.98 bits per heavy atom. The molecule has 0 atom stereocenters. The van der Waals surface area contributed by atoms with Crippen LogP contribution in [0.25, 0.3) is 55.6 Å². The number of hydrogen-bond donors (Lipinski definition) is 0. The van der Waals surface area contributed by atoms with Gasteiger partial charge in [0.05, 0.1) is 0 Å². The molecule has 0 saturated carbocycles. The van der Waals surface area contributed by atoms with Gasteiger partial charge in [0.25, 0.3) is 0 Å². The number of oxazole rings is 1. The summed E-state index contributed by atoms with van der Waals surface area (Å²) in [5.74, 6) is 0.632. The van der Waals surface area contributed by atoms with E-state index in [1.165, 1.54) is 33.4 Å². The van der Waals surface area contributed by atoms with Crippen molar-refractivity contribution in [3.05, 3.63) is 169 Å². The van der Waals surface area contributed by atoms with Crippen LogP contribution in [0.5, 0.6) is 0 Å². The van der Waals surface area contributed by atoms with Crippen LogP contribution < -0.4 is 4.90 Å². The van der Waals surface area contributed by atoms with Gasteiger partial charge in [0.15, 0.2) is 5.58 Å². The van der Waals surface area contributed by atoms with Crippen LogP contribution >= 0.6 is 0 Å². The van der Waals surface area contributed by atoms with Crippen LogP contribution in [0.2, 0.25) is 0 Å². The summed E-state index contributed by atoms with van der Waals surface area (Å²) in [6, 6.07) is 56.0. The lowest BCUT2D eigenvalue weighted by atomic mass is 9.82. The Balaban J connectivity index is 1.16. The third-order valence-corrected chi connectivity index (χ3v) is 9.69. The number of hydrogen-bond acceptors (Lipinski definition) is 3. The molecule has 3 heteroatoms. The smallest absolute Gasteiger partial charge is 0.227 e. The summed E-state index contributed by atoms with van der Waals surface area (Å²) >= 11 is 0. The minimum Gasteiger partial charge on any atom is -0.435 e. The molecule has 1 aromatic heterocycles. The third kappa shape index (κ3) is 4.39. The Morgan fingerprint density at radius 2 is 1.17 bits per heavy atom. The minimum atomic E-state index is -0.0289. The second-order valence-corrected chi connectivity index (χ2v) is 12.8. The van der Waals surface area contributed by atoms with Crippen LogP contribution in [-0.2, 0) is 5.41 Å². The fraction of sp³-hybridized carbons (Fsp3) is 0.0682. The normalized spacial score (nSPS) is 13.1. The molecule has 7 aromatic carbocycles. The van der Waals surface area contributed by atoms with E-state index in [2.05, 4.69) is 140 Å². The van der Waals surface area contributed by atoms with E-state index in [9.17, 15) is 0 Å². The highest BCUT2D eigenvalue weighted by atomic mass is 16.3. The van der Waals surface area contributed by atoms with Crippen molar-refractivity contribution in [3.63, 3.8) is 0 Å². The van der Waals surface area contributed by atoms with Crippen LogP contribution in [0.3, 0.4) is 0 Å². The molecule has 0 bridgehead atoms. The molecule has 0 amide bonds. The van der Waals surface area contributed by atoms with Gasteiger partial charge in [-0.25, -0.2) is 4.98 Å². The van der Waals surface area contributed by atoms with Gasteiger partial charge in [-0.3, -0.25) is 0 Å². The largest absolute Gasteiger partial charge is 0.435 e. The van der Waals surface area contributed by atoms with E-state index in [1.54, 1.807) is 0 Å². The van der Waals surface area contributed by atoms with E-state index >= 15 is 0 Å². The lowest BCUT2D eigenvalue weighted by molar-refractivity contribution is 0.623. The molecule has 9 rings (SSSR count). The van der Waals surface area contributed by atoms with Crippen molar-refractivity contribution >= 4 is 38.9 Å². The summed E-state index contributed by atoms with van der Waals surface area (Å²) in [7, 11) is 0. The highest BCUT2D eigenvalue weighted by molar-refractivity contribution is 6.05. The maximum Gasteiger partial charge on any atom is 0.227 e. The van der Waals surface area contributed by atoms with Crippen LogP contribution in [0.4, 0.5) is 17.1 Å². The summed E-state index contributed by atoms with van der Waals surface area (Å²) in [5, 5.41) is 2.15. The molecule has 0 spiro atoms. The van der Waals surface area contributed by atoms with E-state index in [-0.39, 0.29) is 5.41 Å². The zero-order valence-electron chi connectivity index (χ0n) is 26.3. The van der Waals surface area contributed by atoms with Crippen LogP contribution in [0, 0.1) is 0 Å². The molecule has 0 fully saturated rings. The van der Waals surface area contributed by atoms with Crippen molar-refractivity contribution < 1.29 is 4.42 Å². The highest BCUT2D eigenvalue weighted by Gasteiger charge is 2.36. The van der Waals surface area contributed by atoms with E-state index in [4.69, 9.17) is 9.40 Å². The first kappa shape index (κ1) is 27.4. The zero-order valence-corrected chi connectivity index (χ0v) is 26.3. The van der Waals surface area contributed by atoms with Gasteiger partial charge in [-0.2, -0.15) is 0 Å². The predicted molar refractivity (Wildman–Crippen MR) is 195 cm³/mol. The summed E-state index contributed by atoms with van der Waals surface area (Å²) in [6.45, 7) is 4.67. The standard InChI is InChI=1S/C44H32N2O/c1-44(2)38-18-10-9-16-36(38)41-35(17-11-19-39(41)44)29-20-24-33(25-21-29)46(32-14-7-4-8-15-32)34-26-22-30-23-27-40-42(37(30)28-34)47-43(45-40)31-12-5-3-6-13-31/h3-28H,1-2H3. The fourth-order valence-electron chi connectivity index (χ4n) is 7.35. The number of nitrogens with zero attached hydrogens (tertiary/aromatic N) is 2. The number of para-hydroxylation sites is 1. The monoisotopic (exact) mass is 604 g/mol. The van der Waals surface area contributed by atoms with Gasteiger partial charge in [0.2, 0.25) is 5.89 Å². The van der Waals surface area contributed by atoms with Gasteiger partial charge in [0.1, 0.15) is 5.52 Å². The van der Waals surface area contributed by atoms with Crippen molar-refractivity contribution in [1.29, 1.82) is 0 Å². The summed E-state index contributed by atoms with van der Waals surface area (Å²) in [5.41, 5.74) is 13.8. The Bertz CT molecular complexity index is 2420. The number of aromatic nitrogens is 1. The van der Waals surface area contributed by atoms with Gasteiger partial charge < -0.3 is 9.32 Å². The third-order valence-electron chi connectivity index (χ3n) is 9.69. The molecule has 0 unspecified atom stereocenters. The van der Waals surface area contributed by atoms with Crippen molar-refractivity contribution in [2.45, 2.75) is 19.3 Å². The number of benzene rings is 7. The lowest BCUT2D eigenvalue weighted by Gasteiger charge is -2.26. The van der Waals surface area contributed by atoms with E-state index in [0.29, 0.717) is 5.89 Å². The second-order valence-electron chi connectivity index (χ2n) is 12.8. The second kappa shape index (κ2) is 10.6. The first-order valence-corrected chi connectivity index (χ1v) is 16.1. The van der Waals surface area contributed by atoms with Gasteiger partial charge in [-0.05, 0) is 93.4 Å². The Labute approximate surface area is 274 Å². The van der Waals surface area contributed by atoms with Crippen LogP contribution in [0.1, 0.15) is 25.0 Å². The molecule has 8 aromatic rings. The topological polar surface area (TPSA) is 29.3 Å². The SMILES string of the molecule is CC1(C)c2ccccc2-c2c(-c3ccc(N(c4ccccc4)c4ccc5ccc6nc(-c7ccccc7)oc6c5c4)cc3)cccc21. The van der Waals surface area contributed by atoms with E-state index < -0.39 is 0 Å². The average Bonchev–Trinajstić information content (AvgIpc) is 3.67.